The summed E-state index contributed by atoms with van der Waals surface area (Å²) in [4.78, 5) is 24.6. The summed E-state index contributed by atoms with van der Waals surface area (Å²) in [5.41, 5.74) is 6.69. The van der Waals surface area contributed by atoms with Crippen molar-refractivity contribution in [2.45, 2.75) is 25.7 Å². The Morgan fingerprint density at radius 3 is 2.58 bits per heavy atom. The van der Waals surface area contributed by atoms with E-state index in [1.165, 1.54) is 22.9 Å². The molecule has 4 nitrogen and oxygen atoms in total. The van der Waals surface area contributed by atoms with E-state index in [4.69, 9.17) is 5.73 Å². The topological polar surface area (TPSA) is 65.1 Å². The van der Waals surface area contributed by atoms with Crippen molar-refractivity contribution >= 4 is 11.5 Å². The van der Waals surface area contributed by atoms with Gasteiger partial charge in [0.15, 0.2) is 5.78 Å². The van der Waals surface area contributed by atoms with Gasteiger partial charge in [-0.25, -0.2) is 8.78 Å². The SMILES string of the molecule is NC1=C(n2cc(C(=O)c3cc(F)ccc3F)ccc2=O)CCCC1. The fourth-order valence-electron chi connectivity index (χ4n) is 2.85. The molecule has 1 heterocycles. The van der Waals surface area contributed by atoms with E-state index in [1.54, 1.807) is 0 Å². The number of halogens is 2. The molecule has 1 aromatic heterocycles. The minimum absolute atomic E-state index is 0.102. The van der Waals surface area contributed by atoms with E-state index in [-0.39, 0.29) is 16.7 Å². The van der Waals surface area contributed by atoms with Crippen molar-refractivity contribution in [3.63, 3.8) is 0 Å². The Bertz CT molecular complexity index is 900. The summed E-state index contributed by atoms with van der Waals surface area (Å²) >= 11 is 0. The number of carbonyl (C=O) groups excluding carboxylic acids is 1. The van der Waals surface area contributed by atoms with Gasteiger partial charge < -0.3 is 5.73 Å². The lowest BCUT2D eigenvalue weighted by molar-refractivity contribution is 0.103. The van der Waals surface area contributed by atoms with E-state index < -0.39 is 17.4 Å². The number of allylic oxidation sites excluding steroid dienone is 2. The van der Waals surface area contributed by atoms with Crippen LogP contribution in [-0.2, 0) is 0 Å². The van der Waals surface area contributed by atoms with Crippen LogP contribution in [0, 0.1) is 11.6 Å². The van der Waals surface area contributed by atoms with Crippen molar-refractivity contribution in [2.24, 2.45) is 5.73 Å². The van der Waals surface area contributed by atoms with Gasteiger partial charge >= 0.3 is 0 Å². The maximum atomic E-state index is 13.8. The van der Waals surface area contributed by atoms with Crippen LogP contribution < -0.4 is 11.3 Å². The minimum atomic E-state index is -0.810. The molecule has 0 spiro atoms. The predicted molar refractivity (Wildman–Crippen MR) is 86.4 cm³/mol. The molecule has 0 atom stereocenters. The lowest BCUT2D eigenvalue weighted by Crippen LogP contribution is -2.23. The molecule has 6 heteroatoms. The molecule has 0 radical (unpaired) electrons. The van der Waals surface area contributed by atoms with Gasteiger partial charge in [0.2, 0.25) is 0 Å². The Hall–Kier alpha value is -2.76. The Morgan fingerprint density at radius 2 is 1.83 bits per heavy atom. The van der Waals surface area contributed by atoms with E-state index in [2.05, 4.69) is 0 Å². The maximum Gasteiger partial charge on any atom is 0.254 e. The van der Waals surface area contributed by atoms with Crippen molar-refractivity contribution in [3.8, 4) is 0 Å². The standard InChI is InChI=1S/C18H16F2N2O2/c19-12-6-7-14(20)13(9-12)18(24)11-5-8-17(23)22(10-11)16-4-2-1-3-15(16)21/h5-10H,1-4,21H2. The molecule has 0 aliphatic heterocycles. The number of rotatable bonds is 3. The van der Waals surface area contributed by atoms with Crippen molar-refractivity contribution in [1.29, 1.82) is 0 Å². The van der Waals surface area contributed by atoms with Gasteiger partial charge in [-0.15, -0.1) is 0 Å². The van der Waals surface area contributed by atoms with Gasteiger partial charge in [-0.1, -0.05) is 0 Å². The molecule has 0 saturated carbocycles. The largest absolute Gasteiger partial charge is 0.401 e. The number of nitrogens with two attached hydrogens (primary N) is 1. The van der Waals surface area contributed by atoms with Gasteiger partial charge in [-0.2, -0.15) is 0 Å². The third kappa shape index (κ3) is 2.99. The van der Waals surface area contributed by atoms with Crippen molar-refractivity contribution in [1.82, 2.24) is 4.57 Å². The molecule has 0 bridgehead atoms. The fraction of sp³-hybridized carbons (Fsp3) is 0.222. The van der Waals surface area contributed by atoms with Crippen LogP contribution >= 0.6 is 0 Å². The molecule has 1 aliphatic carbocycles. The zero-order valence-corrected chi connectivity index (χ0v) is 12.9. The summed E-state index contributed by atoms with van der Waals surface area (Å²) in [6, 6.07) is 5.24. The zero-order chi connectivity index (χ0) is 17.3. The predicted octanol–water partition coefficient (Wildman–Crippen LogP) is 3.06. The fourth-order valence-corrected chi connectivity index (χ4v) is 2.85. The number of pyridine rings is 1. The van der Waals surface area contributed by atoms with Crippen LogP contribution in [0.25, 0.3) is 5.70 Å². The van der Waals surface area contributed by atoms with Crippen molar-refractivity contribution in [2.75, 3.05) is 0 Å². The number of hydrogen-bond acceptors (Lipinski definition) is 3. The Balaban J connectivity index is 2.07. The van der Waals surface area contributed by atoms with Crippen LogP contribution in [0.5, 0.6) is 0 Å². The summed E-state index contributed by atoms with van der Waals surface area (Å²) < 4.78 is 28.5. The number of benzene rings is 1. The second-order valence-electron chi connectivity index (χ2n) is 5.76. The number of carbonyl (C=O) groups is 1. The highest BCUT2D eigenvalue weighted by Gasteiger charge is 2.18. The summed E-state index contributed by atoms with van der Waals surface area (Å²) in [7, 11) is 0. The number of ketones is 1. The summed E-state index contributed by atoms with van der Waals surface area (Å²) in [6.45, 7) is 0. The summed E-state index contributed by atoms with van der Waals surface area (Å²) in [5.74, 6) is -2.20. The van der Waals surface area contributed by atoms with Crippen molar-refractivity contribution < 1.29 is 13.6 Å². The Morgan fingerprint density at radius 1 is 1.08 bits per heavy atom. The van der Waals surface area contributed by atoms with Crippen LogP contribution in [0.15, 0.2) is 47.0 Å². The van der Waals surface area contributed by atoms with Crippen LogP contribution in [0.1, 0.15) is 41.6 Å². The average Bonchev–Trinajstić information content (AvgIpc) is 2.58. The van der Waals surface area contributed by atoms with Crippen LogP contribution in [-0.4, -0.2) is 10.4 Å². The number of hydrogen-bond donors (Lipinski definition) is 1. The highest BCUT2D eigenvalue weighted by atomic mass is 19.1. The van der Waals surface area contributed by atoms with E-state index >= 15 is 0 Å². The molecule has 1 aromatic carbocycles. The molecule has 2 aromatic rings. The Labute approximate surface area is 137 Å². The molecule has 1 aliphatic rings. The molecule has 0 amide bonds. The minimum Gasteiger partial charge on any atom is -0.401 e. The first-order chi connectivity index (χ1) is 11.5. The maximum absolute atomic E-state index is 13.8. The third-order valence-corrected chi connectivity index (χ3v) is 4.12. The molecule has 0 unspecified atom stereocenters. The quantitative estimate of drug-likeness (QED) is 0.880. The summed E-state index contributed by atoms with van der Waals surface area (Å²) in [5, 5.41) is 0. The van der Waals surface area contributed by atoms with Gasteiger partial charge in [-0.05, 0) is 49.9 Å². The van der Waals surface area contributed by atoms with Gasteiger partial charge in [-0.3, -0.25) is 14.2 Å². The highest BCUT2D eigenvalue weighted by Crippen LogP contribution is 2.24. The van der Waals surface area contributed by atoms with Crippen LogP contribution in [0.4, 0.5) is 8.78 Å². The molecule has 2 N–H and O–H groups in total. The smallest absolute Gasteiger partial charge is 0.254 e. The van der Waals surface area contributed by atoms with Gasteiger partial charge in [0.1, 0.15) is 11.6 Å². The number of aromatic nitrogens is 1. The second-order valence-corrected chi connectivity index (χ2v) is 5.76. The van der Waals surface area contributed by atoms with Gasteiger partial charge in [0, 0.05) is 29.2 Å². The lowest BCUT2D eigenvalue weighted by Gasteiger charge is -2.19. The molecular weight excluding hydrogens is 314 g/mol. The van der Waals surface area contributed by atoms with E-state index in [1.807, 2.05) is 0 Å². The lowest BCUT2D eigenvalue weighted by atomic mass is 10.0. The average molecular weight is 330 g/mol. The highest BCUT2D eigenvalue weighted by molar-refractivity contribution is 6.09. The molecule has 124 valence electrons. The third-order valence-electron chi connectivity index (χ3n) is 4.12. The molecular formula is C18H16F2N2O2. The van der Waals surface area contributed by atoms with Crippen molar-refractivity contribution in [3.05, 3.63) is 75.3 Å². The molecule has 0 saturated heterocycles. The van der Waals surface area contributed by atoms with E-state index in [0.717, 1.165) is 31.0 Å². The summed E-state index contributed by atoms with van der Waals surface area (Å²) in [6.07, 6.45) is 4.54. The first kappa shape index (κ1) is 16.1. The molecule has 3 rings (SSSR count). The first-order valence-corrected chi connectivity index (χ1v) is 7.67. The van der Waals surface area contributed by atoms with Gasteiger partial charge in [0.05, 0.1) is 5.56 Å². The first-order valence-electron chi connectivity index (χ1n) is 7.67. The van der Waals surface area contributed by atoms with Crippen LogP contribution in [0.3, 0.4) is 0 Å². The molecule has 24 heavy (non-hydrogen) atoms. The van der Waals surface area contributed by atoms with E-state index in [9.17, 15) is 18.4 Å². The van der Waals surface area contributed by atoms with E-state index in [0.29, 0.717) is 24.2 Å². The van der Waals surface area contributed by atoms with Crippen LogP contribution in [0.2, 0.25) is 0 Å². The van der Waals surface area contributed by atoms with Gasteiger partial charge in [0.25, 0.3) is 5.56 Å². The second kappa shape index (κ2) is 6.39. The number of nitrogens with zero attached hydrogens (tertiary/aromatic N) is 1. The monoisotopic (exact) mass is 330 g/mol. The zero-order valence-electron chi connectivity index (χ0n) is 12.9. The normalized spacial score (nSPS) is 14.8. The molecule has 0 fully saturated rings. The Kier molecular flexibility index (Phi) is 4.29.